The number of aromatic amines is 1. The zero-order chi connectivity index (χ0) is 12.6. The van der Waals surface area contributed by atoms with Gasteiger partial charge in [0, 0.05) is 12.3 Å². The van der Waals surface area contributed by atoms with E-state index in [0.717, 1.165) is 16.8 Å². The Bertz CT molecular complexity index is 513. The van der Waals surface area contributed by atoms with Gasteiger partial charge in [0.15, 0.2) is 12.4 Å². The summed E-state index contributed by atoms with van der Waals surface area (Å²) in [6.45, 7) is -0.604. The zero-order valence-corrected chi connectivity index (χ0v) is 8.62. The Kier molecular flexibility index (Phi) is 3.09. The van der Waals surface area contributed by atoms with Crippen molar-refractivity contribution in [2.45, 2.75) is 24.6 Å². The lowest BCUT2D eigenvalue weighted by Gasteiger charge is -2.16. The summed E-state index contributed by atoms with van der Waals surface area (Å²) in [7, 11) is 0. The molecule has 0 aromatic carbocycles. The molecule has 17 heavy (non-hydrogen) atoms. The maximum Gasteiger partial charge on any atom is 0.330 e. The molecule has 2 rings (SSSR count). The van der Waals surface area contributed by atoms with Crippen molar-refractivity contribution in [2.24, 2.45) is 0 Å². The molecule has 8 heteroatoms. The van der Waals surface area contributed by atoms with Crippen molar-refractivity contribution in [3.63, 3.8) is 0 Å². The Hall–Kier alpha value is -1.51. The third-order valence-corrected chi connectivity index (χ3v) is 2.59. The Morgan fingerprint density at radius 1 is 1.53 bits per heavy atom. The number of hydrogen-bond donors (Lipinski definition) is 3. The Morgan fingerprint density at radius 3 is 2.76 bits per heavy atom. The van der Waals surface area contributed by atoms with Crippen LogP contribution in [-0.2, 0) is 4.74 Å². The molecule has 0 bridgehead atoms. The second kappa shape index (κ2) is 4.40. The molecule has 2 unspecified atom stereocenters. The fourth-order valence-corrected chi connectivity index (χ4v) is 1.71. The summed E-state index contributed by atoms with van der Waals surface area (Å²) in [5.74, 6) is 0. The van der Waals surface area contributed by atoms with E-state index < -0.39 is 42.5 Å². The van der Waals surface area contributed by atoms with Crippen LogP contribution in [-0.4, -0.2) is 44.8 Å². The van der Waals surface area contributed by atoms with Crippen molar-refractivity contribution in [1.29, 1.82) is 0 Å². The minimum Gasteiger partial charge on any atom is -0.394 e. The van der Waals surface area contributed by atoms with E-state index in [4.69, 9.17) is 9.84 Å². The van der Waals surface area contributed by atoms with Gasteiger partial charge in [0.1, 0.15) is 12.2 Å². The molecule has 1 aliphatic heterocycles. The largest absolute Gasteiger partial charge is 0.394 e. The van der Waals surface area contributed by atoms with E-state index in [1.807, 2.05) is 4.98 Å². The van der Waals surface area contributed by atoms with E-state index in [1.54, 1.807) is 0 Å². The molecular weight excluding hydrogens is 235 g/mol. The predicted octanol–water partition coefficient (Wildman–Crippen LogP) is -1.87. The molecule has 1 aliphatic rings. The summed E-state index contributed by atoms with van der Waals surface area (Å²) in [5.41, 5.74) is -1.42. The summed E-state index contributed by atoms with van der Waals surface area (Å²) in [6.07, 6.45) is -4.71. The van der Waals surface area contributed by atoms with Gasteiger partial charge < -0.3 is 14.9 Å². The number of nitrogens with one attached hydrogen (secondary N) is 1. The van der Waals surface area contributed by atoms with E-state index >= 15 is 0 Å². The average molecular weight is 246 g/mol. The molecular formula is C9H11FN2O5. The second-order valence-electron chi connectivity index (χ2n) is 3.70. The van der Waals surface area contributed by atoms with Gasteiger partial charge >= 0.3 is 5.69 Å². The van der Waals surface area contributed by atoms with Crippen LogP contribution in [0.4, 0.5) is 4.39 Å². The van der Waals surface area contributed by atoms with Gasteiger partial charge in [-0.1, -0.05) is 0 Å². The summed E-state index contributed by atoms with van der Waals surface area (Å²) < 4.78 is 19.3. The molecule has 1 saturated heterocycles. The van der Waals surface area contributed by atoms with Crippen LogP contribution in [0, 0.1) is 0 Å². The Labute approximate surface area is 94.1 Å². The highest BCUT2D eigenvalue weighted by molar-refractivity contribution is 4.93. The summed E-state index contributed by atoms with van der Waals surface area (Å²) in [4.78, 5) is 24.2. The van der Waals surface area contributed by atoms with E-state index in [2.05, 4.69) is 0 Å². The first kappa shape index (κ1) is 12.0. The first-order chi connectivity index (χ1) is 8.04. The van der Waals surface area contributed by atoms with Crippen LogP contribution >= 0.6 is 0 Å². The van der Waals surface area contributed by atoms with Gasteiger partial charge in [-0.25, -0.2) is 9.18 Å². The van der Waals surface area contributed by atoms with Crippen molar-refractivity contribution in [3.05, 3.63) is 33.1 Å². The molecule has 0 aliphatic carbocycles. The fourth-order valence-electron chi connectivity index (χ4n) is 1.71. The van der Waals surface area contributed by atoms with E-state index in [-0.39, 0.29) is 0 Å². The molecule has 7 nitrogen and oxygen atoms in total. The van der Waals surface area contributed by atoms with Crippen LogP contribution < -0.4 is 11.2 Å². The molecule has 1 fully saturated rings. The summed E-state index contributed by atoms with van der Waals surface area (Å²) in [5, 5.41) is 18.4. The van der Waals surface area contributed by atoms with Gasteiger partial charge in [-0.15, -0.1) is 0 Å². The number of aliphatic hydroxyl groups excluding tert-OH is 2. The molecule has 2 heterocycles. The minimum absolute atomic E-state index is 0.603. The summed E-state index contributed by atoms with van der Waals surface area (Å²) >= 11 is 0. The molecule has 0 amide bonds. The Balaban J connectivity index is 2.35. The molecule has 0 saturated carbocycles. The van der Waals surface area contributed by atoms with Gasteiger partial charge in [0.05, 0.1) is 6.61 Å². The number of ether oxygens (including phenoxy) is 1. The van der Waals surface area contributed by atoms with Crippen LogP contribution in [0.1, 0.15) is 6.23 Å². The first-order valence-corrected chi connectivity index (χ1v) is 4.94. The third kappa shape index (κ3) is 2.02. The number of alkyl halides is 1. The molecule has 4 atom stereocenters. The lowest BCUT2D eigenvalue weighted by Crippen LogP contribution is -2.36. The average Bonchev–Trinajstić information content (AvgIpc) is 2.57. The number of aliphatic hydroxyl groups is 2. The molecule has 3 N–H and O–H groups in total. The number of nitrogens with zero attached hydrogens (tertiary/aromatic N) is 1. The van der Waals surface area contributed by atoms with Gasteiger partial charge in [0.25, 0.3) is 5.56 Å². The van der Waals surface area contributed by atoms with Crippen LogP contribution in [0.15, 0.2) is 21.9 Å². The van der Waals surface area contributed by atoms with E-state index in [9.17, 15) is 19.1 Å². The van der Waals surface area contributed by atoms with Gasteiger partial charge in [-0.3, -0.25) is 14.3 Å². The molecule has 94 valence electrons. The number of aromatic nitrogens is 2. The molecule has 1 aromatic heterocycles. The lowest BCUT2D eigenvalue weighted by atomic mass is 10.1. The quantitative estimate of drug-likeness (QED) is 0.567. The van der Waals surface area contributed by atoms with Crippen LogP contribution in [0.3, 0.4) is 0 Å². The monoisotopic (exact) mass is 246 g/mol. The fraction of sp³-hybridized carbons (Fsp3) is 0.556. The highest BCUT2D eigenvalue weighted by Crippen LogP contribution is 2.29. The Morgan fingerprint density at radius 2 is 2.24 bits per heavy atom. The number of halogens is 1. The van der Waals surface area contributed by atoms with Crippen molar-refractivity contribution in [1.82, 2.24) is 9.55 Å². The van der Waals surface area contributed by atoms with Crippen molar-refractivity contribution in [2.75, 3.05) is 6.61 Å². The number of rotatable bonds is 2. The minimum atomic E-state index is -1.79. The molecule has 0 spiro atoms. The van der Waals surface area contributed by atoms with Crippen LogP contribution in [0.2, 0.25) is 0 Å². The predicted molar refractivity (Wildman–Crippen MR) is 53.2 cm³/mol. The van der Waals surface area contributed by atoms with Crippen LogP contribution in [0.25, 0.3) is 0 Å². The van der Waals surface area contributed by atoms with E-state index in [1.165, 1.54) is 0 Å². The van der Waals surface area contributed by atoms with Gasteiger partial charge in [-0.05, 0) is 0 Å². The standard InChI is InChI=1S/C9H11FN2O5/c10-6-4(3-13)17-8(7(6)15)12-2-1-5(14)11-9(12)16/h1-2,4,6-8,13,15H,3H2,(H,11,14,16)/t4-,6+,7?,8?/m1/s1. The maximum atomic E-state index is 13.4. The molecule has 0 radical (unpaired) electrons. The third-order valence-electron chi connectivity index (χ3n) is 2.59. The zero-order valence-electron chi connectivity index (χ0n) is 8.62. The number of hydrogen-bond acceptors (Lipinski definition) is 5. The normalized spacial score (nSPS) is 32.9. The SMILES string of the molecule is O=c1ccn(C2O[C@H](CO)[C@H](F)C2O)c(=O)[nH]1. The lowest BCUT2D eigenvalue weighted by molar-refractivity contribution is -0.0537. The maximum absolute atomic E-state index is 13.4. The summed E-state index contributed by atoms with van der Waals surface area (Å²) in [6, 6.07) is 1.05. The molecule has 1 aromatic rings. The smallest absolute Gasteiger partial charge is 0.330 e. The van der Waals surface area contributed by atoms with Crippen molar-refractivity contribution in [3.8, 4) is 0 Å². The second-order valence-corrected chi connectivity index (χ2v) is 3.70. The van der Waals surface area contributed by atoms with Crippen molar-refractivity contribution < 1.29 is 19.3 Å². The van der Waals surface area contributed by atoms with Gasteiger partial charge in [-0.2, -0.15) is 0 Å². The first-order valence-electron chi connectivity index (χ1n) is 4.94. The van der Waals surface area contributed by atoms with E-state index in [0.29, 0.717) is 0 Å². The van der Waals surface area contributed by atoms with Crippen molar-refractivity contribution >= 4 is 0 Å². The highest BCUT2D eigenvalue weighted by Gasteiger charge is 2.45. The highest BCUT2D eigenvalue weighted by atomic mass is 19.1. The topological polar surface area (TPSA) is 105 Å². The number of H-pyrrole nitrogens is 1. The van der Waals surface area contributed by atoms with Gasteiger partial charge in [0.2, 0.25) is 0 Å². The van der Waals surface area contributed by atoms with Crippen LogP contribution in [0.5, 0.6) is 0 Å².